The van der Waals surface area contributed by atoms with Gasteiger partial charge in [-0.1, -0.05) is 57.7 Å². The van der Waals surface area contributed by atoms with Crippen LogP contribution in [0.5, 0.6) is 0 Å². The molecule has 3 rings (SSSR count). The second-order valence-corrected chi connectivity index (χ2v) is 14.4. The van der Waals surface area contributed by atoms with E-state index in [1.54, 1.807) is 32.0 Å². The van der Waals surface area contributed by atoms with Crippen LogP contribution in [0.15, 0.2) is 54.6 Å². The Morgan fingerprint density at radius 1 is 0.667 bits per heavy atom. The third-order valence-electron chi connectivity index (χ3n) is 9.25. The zero-order valence-corrected chi connectivity index (χ0v) is 32.1. The van der Waals surface area contributed by atoms with Crippen molar-refractivity contribution in [3.05, 3.63) is 60.2 Å². The maximum Gasteiger partial charge on any atom is 0.338 e. The Morgan fingerprint density at radius 2 is 1.17 bits per heavy atom. The van der Waals surface area contributed by atoms with Gasteiger partial charge in [-0.3, -0.25) is 33.6 Å². The molecule has 1 aromatic carbocycles. The van der Waals surface area contributed by atoms with Crippen molar-refractivity contribution in [1.29, 1.82) is 0 Å². The lowest BCUT2D eigenvalue weighted by Crippen LogP contribution is -2.59. The second-order valence-electron chi connectivity index (χ2n) is 14.4. The highest BCUT2D eigenvalue weighted by atomic mass is 16.6. The van der Waals surface area contributed by atoms with E-state index in [9.17, 15) is 33.6 Å². The highest BCUT2D eigenvalue weighted by Gasteiger charge is 2.72. The predicted molar refractivity (Wildman–Crippen MR) is 187 cm³/mol. The fourth-order valence-electron chi connectivity index (χ4n) is 7.25. The Bertz CT molecular complexity index is 1710. The van der Waals surface area contributed by atoms with Crippen molar-refractivity contribution in [1.82, 2.24) is 0 Å². The minimum Gasteiger partial charge on any atom is -0.458 e. The summed E-state index contributed by atoms with van der Waals surface area (Å²) in [6.45, 7) is 16.5. The first kappa shape index (κ1) is 43.1. The summed E-state index contributed by atoms with van der Waals surface area (Å²) < 4.78 is 40.9. The van der Waals surface area contributed by atoms with Crippen LogP contribution in [0, 0.1) is 17.3 Å². The molecule has 0 spiro atoms. The summed E-state index contributed by atoms with van der Waals surface area (Å²) in [5, 5.41) is 0. The Labute approximate surface area is 313 Å². The van der Waals surface area contributed by atoms with Gasteiger partial charge in [-0.2, -0.15) is 0 Å². The zero-order chi connectivity index (χ0) is 40.9. The smallest absolute Gasteiger partial charge is 0.338 e. The summed E-state index contributed by atoms with van der Waals surface area (Å²) in [5.74, 6) is -10.1. The van der Waals surface area contributed by atoms with E-state index in [-0.39, 0.29) is 11.1 Å². The highest BCUT2D eigenvalue weighted by molar-refractivity contribution is 5.94. The van der Waals surface area contributed by atoms with E-state index in [1.165, 1.54) is 38.1 Å². The van der Waals surface area contributed by atoms with Crippen molar-refractivity contribution in [3.63, 3.8) is 0 Å². The molecule has 0 radical (unpaired) electrons. The molecule has 54 heavy (non-hydrogen) atoms. The second kappa shape index (κ2) is 16.8. The van der Waals surface area contributed by atoms with Crippen molar-refractivity contribution < 1.29 is 71.5 Å². The maximum absolute atomic E-state index is 15.0. The summed E-state index contributed by atoms with van der Waals surface area (Å²) in [5.41, 5.74) is -5.95. The van der Waals surface area contributed by atoms with Crippen molar-refractivity contribution in [2.24, 2.45) is 17.3 Å². The van der Waals surface area contributed by atoms with Gasteiger partial charge in [0.15, 0.2) is 41.4 Å². The van der Waals surface area contributed by atoms with Crippen LogP contribution in [0.4, 0.5) is 0 Å². The van der Waals surface area contributed by atoms with Crippen molar-refractivity contribution in [3.8, 4) is 0 Å². The summed E-state index contributed by atoms with van der Waals surface area (Å²) in [6.07, 6.45) is -6.18. The Morgan fingerprint density at radius 3 is 1.67 bits per heavy atom. The van der Waals surface area contributed by atoms with Crippen LogP contribution in [-0.2, 0) is 66.7 Å². The lowest BCUT2D eigenvalue weighted by atomic mass is 9.72. The van der Waals surface area contributed by atoms with Crippen LogP contribution in [0.25, 0.3) is 0 Å². The molecular weight excluding hydrogens is 708 g/mol. The lowest BCUT2D eigenvalue weighted by Gasteiger charge is -2.44. The number of hydrogen-bond acceptors (Lipinski definition) is 15. The van der Waals surface area contributed by atoms with Gasteiger partial charge in [0.2, 0.25) is 0 Å². The van der Waals surface area contributed by atoms with E-state index in [1.807, 2.05) is 0 Å². The minimum atomic E-state index is -2.40. The fourth-order valence-corrected chi connectivity index (χ4v) is 7.25. The van der Waals surface area contributed by atoms with Gasteiger partial charge in [0.05, 0.1) is 11.5 Å². The molecule has 2 aliphatic carbocycles. The number of fused-ring (bicyclic) bond motifs is 1. The van der Waals surface area contributed by atoms with Gasteiger partial charge in [-0.25, -0.2) is 4.79 Å². The number of rotatable bonds is 8. The van der Waals surface area contributed by atoms with Crippen LogP contribution in [0.1, 0.15) is 86.0 Å². The van der Waals surface area contributed by atoms with Crippen LogP contribution in [0.2, 0.25) is 0 Å². The van der Waals surface area contributed by atoms with E-state index >= 15 is 4.79 Å². The van der Waals surface area contributed by atoms with E-state index in [0.717, 1.165) is 41.5 Å². The van der Waals surface area contributed by atoms with Gasteiger partial charge in [0.1, 0.15) is 6.10 Å². The molecule has 0 heterocycles. The number of carbonyl (C=O) groups excluding carboxylic acids is 8. The van der Waals surface area contributed by atoms with Crippen LogP contribution in [-0.4, -0.2) is 89.3 Å². The molecule has 9 atom stereocenters. The predicted octanol–water partition coefficient (Wildman–Crippen LogP) is 3.94. The molecule has 294 valence electrons. The van der Waals surface area contributed by atoms with Crippen LogP contribution >= 0.6 is 0 Å². The molecule has 2 aliphatic rings. The number of esters is 7. The van der Waals surface area contributed by atoms with E-state index in [0.29, 0.717) is 0 Å². The Balaban J connectivity index is 2.56. The molecule has 15 nitrogen and oxygen atoms in total. The topological polar surface area (TPSA) is 201 Å². The average Bonchev–Trinajstić information content (AvgIpc) is 3.27. The SMILES string of the molecule is C=C1[C@H](OC(C)=O)[C@@H](OC(C)=O)[C@@H](OC(C)=O)C(C)(C)/C=C/[C@H](C)C(=O)[C@@]2(OC(C)=O)C[C@@](C)(OC(=O)c3ccccc3)[C@H](OC(C)=O)[C@@H]2[C@H]1OC(C)=O. The quantitative estimate of drug-likeness (QED) is 0.210. The number of allylic oxidation sites excluding steroid dienone is 1. The van der Waals surface area contributed by atoms with E-state index < -0.39 is 113 Å². The molecule has 1 fully saturated rings. The Hall–Kier alpha value is -5.34. The van der Waals surface area contributed by atoms with Crippen molar-refractivity contribution in [2.45, 2.75) is 117 Å². The third kappa shape index (κ3) is 9.60. The number of ketones is 1. The molecule has 0 bridgehead atoms. The molecular formula is C39H48O15. The molecule has 1 saturated carbocycles. The normalized spacial score (nSPS) is 31.2. The van der Waals surface area contributed by atoms with Gasteiger partial charge in [-0.05, 0) is 19.1 Å². The first-order chi connectivity index (χ1) is 25.0. The molecule has 0 aliphatic heterocycles. The average molecular weight is 757 g/mol. The monoisotopic (exact) mass is 756 g/mol. The van der Waals surface area contributed by atoms with Crippen LogP contribution in [0.3, 0.4) is 0 Å². The Kier molecular flexibility index (Phi) is 13.4. The molecule has 0 unspecified atom stereocenters. The van der Waals surface area contributed by atoms with Gasteiger partial charge in [0.25, 0.3) is 0 Å². The van der Waals surface area contributed by atoms with Gasteiger partial charge < -0.3 is 33.2 Å². The number of hydrogen-bond donors (Lipinski definition) is 0. The standard InChI is InChI=1S/C39H48O15/c1-20-17-18-37(9,10)35(52-26(7)44)32(50-24(5)42)31(49-23(4)41)21(2)30(48-22(3)40)29-34(51-25(6)43)38(11,19-39(29,33(20)46)53-27(8)45)54-36(47)28-15-13-12-14-16-28/h12-18,20,29-32,34-35H,2,19H2,1,3-11H3/b18-17+/t20-,29-,30-,31-,32+,34+,35+,38+,39+/m0/s1. The summed E-state index contributed by atoms with van der Waals surface area (Å²) >= 11 is 0. The molecule has 0 saturated heterocycles. The number of carbonyl (C=O) groups is 8. The largest absolute Gasteiger partial charge is 0.458 e. The van der Waals surface area contributed by atoms with Crippen molar-refractivity contribution in [2.75, 3.05) is 0 Å². The van der Waals surface area contributed by atoms with E-state index in [4.69, 9.17) is 33.2 Å². The lowest BCUT2D eigenvalue weighted by molar-refractivity contribution is -0.194. The minimum absolute atomic E-state index is 0.0918. The fraction of sp³-hybridized carbons (Fsp3) is 0.538. The summed E-state index contributed by atoms with van der Waals surface area (Å²) in [6, 6.07) is 7.78. The molecule has 0 amide bonds. The van der Waals surface area contributed by atoms with Gasteiger partial charge in [-0.15, -0.1) is 0 Å². The summed E-state index contributed by atoms with van der Waals surface area (Å²) in [4.78, 5) is 106. The first-order valence-electron chi connectivity index (χ1n) is 17.2. The molecule has 0 aromatic heterocycles. The third-order valence-corrected chi connectivity index (χ3v) is 9.25. The molecule has 0 N–H and O–H groups in total. The number of benzene rings is 1. The van der Waals surface area contributed by atoms with E-state index in [2.05, 4.69) is 6.58 Å². The molecule has 1 aromatic rings. The number of ether oxygens (including phenoxy) is 7. The zero-order valence-electron chi connectivity index (χ0n) is 32.1. The van der Waals surface area contributed by atoms with Gasteiger partial charge in [0, 0.05) is 64.9 Å². The van der Waals surface area contributed by atoms with Crippen LogP contribution < -0.4 is 0 Å². The first-order valence-corrected chi connectivity index (χ1v) is 17.2. The highest BCUT2D eigenvalue weighted by Crippen LogP contribution is 2.54. The van der Waals surface area contributed by atoms with Gasteiger partial charge >= 0.3 is 41.8 Å². The number of Topliss-reactive ketones (excluding diaryl/α,β-unsaturated/α-hetero) is 1. The van der Waals surface area contributed by atoms with Crippen molar-refractivity contribution >= 4 is 47.6 Å². The maximum atomic E-state index is 15.0. The summed E-state index contributed by atoms with van der Waals surface area (Å²) in [7, 11) is 0. The molecule has 15 heteroatoms.